The summed E-state index contributed by atoms with van der Waals surface area (Å²) in [5.41, 5.74) is 1.42. The number of rotatable bonds is 2. The molecule has 1 amide bonds. The zero-order chi connectivity index (χ0) is 14.0. The number of aromatic nitrogens is 1. The largest absolute Gasteiger partial charge is 0.481 e. The molecule has 0 radical (unpaired) electrons. The zero-order valence-corrected chi connectivity index (χ0v) is 11.2. The van der Waals surface area contributed by atoms with E-state index in [1.165, 1.54) is 0 Å². The van der Waals surface area contributed by atoms with Crippen molar-refractivity contribution in [3.8, 4) is 0 Å². The fourth-order valence-electron chi connectivity index (χ4n) is 2.55. The second kappa shape index (κ2) is 5.38. The van der Waals surface area contributed by atoms with E-state index >= 15 is 0 Å². The number of carboxylic acids is 1. The second-order valence-corrected chi connectivity index (χ2v) is 5.28. The minimum Gasteiger partial charge on any atom is -0.481 e. The molecular formula is C14H18N2O3. The van der Waals surface area contributed by atoms with E-state index in [9.17, 15) is 9.59 Å². The summed E-state index contributed by atoms with van der Waals surface area (Å²) in [4.78, 5) is 29.2. The predicted octanol–water partition coefficient (Wildman–Crippen LogP) is 1.57. The maximum Gasteiger partial charge on any atom is 0.308 e. The van der Waals surface area contributed by atoms with Gasteiger partial charge >= 0.3 is 5.97 Å². The Morgan fingerprint density at radius 3 is 2.79 bits per heavy atom. The van der Waals surface area contributed by atoms with Gasteiger partial charge < -0.3 is 10.0 Å². The van der Waals surface area contributed by atoms with Gasteiger partial charge in [0.1, 0.15) is 0 Å². The van der Waals surface area contributed by atoms with Gasteiger partial charge in [0.2, 0.25) is 0 Å². The van der Waals surface area contributed by atoms with Crippen molar-refractivity contribution in [2.75, 3.05) is 13.1 Å². The molecule has 2 rings (SSSR count). The summed E-state index contributed by atoms with van der Waals surface area (Å²) in [6.07, 6.45) is 3.82. The highest BCUT2D eigenvalue weighted by Gasteiger charge is 2.32. The summed E-state index contributed by atoms with van der Waals surface area (Å²) >= 11 is 0. The van der Waals surface area contributed by atoms with E-state index in [0.717, 1.165) is 5.56 Å². The predicted molar refractivity (Wildman–Crippen MR) is 69.8 cm³/mol. The van der Waals surface area contributed by atoms with Gasteiger partial charge in [-0.2, -0.15) is 0 Å². The van der Waals surface area contributed by atoms with E-state index in [2.05, 4.69) is 4.98 Å². The fourth-order valence-corrected chi connectivity index (χ4v) is 2.55. The highest BCUT2D eigenvalue weighted by Crippen LogP contribution is 2.23. The van der Waals surface area contributed by atoms with Crippen LogP contribution in [0.15, 0.2) is 18.5 Å². The van der Waals surface area contributed by atoms with Crippen molar-refractivity contribution >= 4 is 11.9 Å². The molecule has 1 saturated heterocycles. The first-order valence-electron chi connectivity index (χ1n) is 6.41. The van der Waals surface area contributed by atoms with Crippen LogP contribution in [0, 0.1) is 18.8 Å². The molecule has 2 unspecified atom stereocenters. The molecule has 0 spiro atoms. The van der Waals surface area contributed by atoms with Gasteiger partial charge in [-0.1, -0.05) is 6.92 Å². The van der Waals surface area contributed by atoms with Crippen molar-refractivity contribution < 1.29 is 14.7 Å². The number of piperidine rings is 1. The lowest BCUT2D eigenvalue weighted by Crippen LogP contribution is -2.45. The number of carbonyl (C=O) groups is 2. The molecule has 2 atom stereocenters. The maximum atomic E-state index is 12.4. The Morgan fingerprint density at radius 2 is 2.16 bits per heavy atom. The fraction of sp³-hybridized carbons (Fsp3) is 0.500. The Bertz CT molecular complexity index is 501. The smallest absolute Gasteiger partial charge is 0.308 e. The standard InChI is InChI=1S/C14H18N2O3/c1-9-5-11(14(18)19)8-16(7-9)13(17)12-6-15-4-3-10(12)2/h3-4,6,9,11H,5,7-8H2,1-2H3,(H,18,19). The van der Waals surface area contributed by atoms with Crippen LogP contribution >= 0.6 is 0 Å². The van der Waals surface area contributed by atoms with Gasteiger partial charge in [0.05, 0.1) is 11.5 Å². The van der Waals surface area contributed by atoms with Crippen LogP contribution in [-0.4, -0.2) is 40.0 Å². The topological polar surface area (TPSA) is 70.5 Å². The van der Waals surface area contributed by atoms with Crippen molar-refractivity contribution in [1.82, 2.24) is 9.88 Å². The molecule has 0 aliphatic carbocycles. The molecule has 2 heterocycles. The van der Waals surface area contributed by atoms with Crippen LogP contribution in [0.4, 0.5) is 0 Å². The Balaban J connectivity index is 2.19. The number of hydrogen-bond donors (Lipinski definition) is 1. The molecule has 0 aromatic carbocycles. The number of carboxylic acid groups (broad SMARTS) is 1. The van der Waals surface area contributed by atoms with Crippen molar-refractivity contribution in [2.45, 2.75) is 20.3 Å². The third-order valence-electron chi connectivity index (χ3n) is 3.57. The molecule has 0 saturated carbocycles. The third kappa shape index (κ3) is 2.92. The molecule has 1 N–H and O–H groups in total. The molecule has 1 aromatic rings. The molecule has 1 fully saturated rings. The van der Waals surface area contributed by atoms with Crippen LogP contribution < -0.4 is 0 Å². The number of amides is 1. The third-order valence-corrected chi connectivity index (χ3v) is 3.57. The van der Waals surface area contributed by atoms with E-state index in [1.807, 2.05) is 13.8 Å². The molecule has 1 aromatic heterocycles. The molecule has 1 aliphatic rings. The highest BCUT2D eigenvalue weighted by molar-refractivity contribution is 5.95. The highest BCUT2D eigenvalue weighted by atomic mass is 16.4. The van der Waals surface area contributed by atoms with Gasteiger partial charge in [0.15, 0.2) is 0 Å². The molecule has 5 nitrogen and oxygen atoms in total. The van der Waals surface area contributed by atoms with Crippen LogP contribution in [0.1, 0.15) is 29.3 Å². The van der Waals surface area contributed by atoms with Crippen LogP contribution in [-0.2, 0) is 4.79 Å². The van der Waals surface area contributed by atoms with Crippen LogP contribution in [0.2, 0.25) is 0 Å². The number of carbonyl (C=O) groups excluding carboxylic acids is 1. The lowest BCUT2D eigenvalue weighted by molar-refractivity contribution is -0.143. The first-order chi connectivity index (χ1) is 8.99. The maximum absolute atomic E-state index is 12.4. The first-order valence-corrected chi connectivity index (χ1v) is 6.41. The minimum absolute atomic E-state index is 0.122. The Kier molecular flexibility index (Phi) is 3.83. The molecular weight excluding hydrogens is 244 g/mol. The van der Waals surface area contributed by atoms with E-state index in [-0.39, 0.29) is 18.4 Å². The van der Waals surface area contributed by atoms with Gasteiger partial charge in [-0.3, -0.25) is 14.6 Å². The number of pyridine rings is 1. The lowest BCUT2D eigenvalue weighted by Gasteiger charge is -2.34. The summed E-state index contributed by atoms with van der Waals surface area (Å²) in [6.45, 7) is 4.73. The van der Waals surface area contributed by atoms with Gasteiger partial charge in [-0.25, -0.2) is 0 Å². The number of aliphatic carboxylic acids is 1. The molecule has 0 bridgehead atoms. The van der Waals surface area contributed by atoms with Gasteiger partial charge in [-0.05, 0) is 30.9 Å². The van der Waals surface area contributed by atoms with Crippen molar-refractivity contribution in [3.63, 3.8) is 0 Å². The Labute approximate surface area is 112 Å². The summed E-state index contributed by atoms with van der Waals surface area (Å²) < 4.78 is 0. The SMILES string of the molecule is Cc1ccncc1C(=O)N1CC(C)CC(C(=O)O)C1. The van der Waals surface area contributed by atoms with Crippen LogP contribution in [0.5, 0.6) is 0 Å². The number of hydrogen-bond acceptors (Lipinski definition) is 3. The van der Waals surface area contributed by atoms with Crippen molar-refractivity contribution in [3.05, 3.63) is 29.6 Å². The van der Waals surface area contributed by atoms with Gasteiger partial charge in [0, 0.05) is 25.5 Å². The minimum atomic E-state index is -0.827. The number of nitrogens with zero attached hydrogens (tertiary/aromatic N) is 2. The monoisotopic (exact) mass is 262 g/mol. The van der Waals surface area contributed by atoms with E-state index in [1.54, 1.807) is 23.4 Å². The van der Waals surface area contributed by atoms with Crippen LogP contribution in [0.3, 0.4) is 0 Å². The summed E-state index contributed by atoms with van der Waals surface area (Å²) in [6, 6.07) is 1.79. The van der Waals surface area contributed by atoms with Crippen molar-refractivity contribution in [2.24, 2.45) is 11.8 Å². The molecule has 1 aliphatic heterocycles. The van der Waals surface area contributed by atoms with E-state index < -0.39 is 11.9 Å². The van der Waals surface area contributed by atoms with E-state index in [0.29, 0.717) is 18.5 Å². The molecule has 19 heavy (non-hydrogen) atoms. The van der Waals surface area contributed by atoms with Gasteiger partial charge in [-0.15, -0.1) is 0 Å². The Morgan fingerprint density at radius 1 is 1.42 bits per heavy atom. The number of likely N-dealkylation sites (tertiary alicyclic amines) is 1. The summed E-state index contributed by atoms with van der Waals surface area (Å²) in [5.74, 6) is -1.21. The van der Waals surface area contributed by atoms with E-state index in [4.69, 9.17) is 5.11 Å². The summed E-state index contributed by atoms with van der Waals surface area (Å²) in [7, 11) is 0. The normalized spacial score (nSPS) is 23.2. The Hall–Kier alpha value is -1.91. The zero-order valence-electron chi connectivity index (χ0n) is 11.2. The van der Waals surface area contributed by atoms with Gasteiger partial charge in [0.25, 0.3) is 5.91 Å². The molecule has 5 heteroatoms. The average molecular weight is 262 g/mol. The summed E-state index contributed by atoms with van der Waals surface area (Å²) in [5, 5.41) is 9.13. The van der Waals surface area contributed by atoms with Crippen LogP contribution in [0.25, 0.3) is 0 Å². The quantitative estimate of drug-likeness (QED) is 0.878. The average Bonchev–Trinajstić information content (AvgIpc) is 2.37. The number of aryl methyl sites for hydroxylation is 1. The molecule has 102 valence electrons. The first kappa shape index (κ1) is 13.5. The lowest BCUT2D eigenvalue weighted by atomic mass is 9.90. The van der Waals surface area contributed by atoms with Crippen molar-refractivity contribution in [1.29, 1.82) is 0 Å². The second-order valence-electron chi connectivity index (χ2n) is 5.28.